The average molecular weight is 411 g/mol. The first-order valence-corrected chi connectivity index (χ1v) is 10.3. The molecule has 3 heterocycles. The third kappa shape index (κ3) is 3.44. The molecule has 0 amide bonds. The van der Waals surface area contributed by atoms with Crippen LogP contribution in [-0.2, 0) is 6.42 Å². The molecule has 0 spiro atoms. The Morgan fingerprint density at radius 1 is 1.21 bits per heavy atom. The van der Waals surface area contributed by atoms with Crippen LogP contribution >= 0.6 is 11.6 Å². The molecule has 1 unspecified atom stereocenters. The van der Waals surface area contributed by atoms with Crippen LogP contribution in [0, 0.1) is 0 Å². The van der Waals surface area contributed by atoms with Crippen molar-refractivity contribution in [1.82, 2.24) is 9.55 Å². The summed E-state index contributed by atoms with van der Waals surface area (Å²) in [4.78, 5) is 18.1. The standard InChI is InChI=1S/C23H25ClN3O2/c1-15(2)26-20-11-7-10-18(17-12-13-19(24)25-14-17)27(20)22(28)21(23(26)29-3)16-8-5-4-6-9-16/h4-6,8-9,12-15,18H,7,10-11H2,1-3H3/q+1. The van der Waals surface area contributed by atoms with Gasteiger partial charge in [0.2, 0.25) is 0 Å². The minimum absolute atomic E-state index is 0.0281. The van der Waals surface area contributed by atoms with E-state index in [1.807, 2.05) is 41.0 Å². The van der Waals surface area contributed by atoms with Crippen molar-refractivity contribution in [2.75, 3.05) is 7.11 Å². The lowest BCUT2D eigenvalue weighted by molar-refractivity contribution is -0.731. The number of aromatic nitrogens is 3. The van der Waals surface area contributed by atoms with Crippen LogP contribution in [0.2, 0.25) is 5.15 Å². The van der Waals surface area contributed by atoms with Crippen molar-refractivity contribution >= 4 is 11.6 Å². The SMILES string of the molecule is COc1c(-c2ccccc2)c(=O)n2c([n+]1C(C)C)CCCC2c1ccc(Cl)nc1. The van der Waals surface area contributed by atoms with Gasteiger partial charge < -0.3 is 4.74 Å². The van der Waals surface area contributed by atoms with Crippen LogP contribution in [0.15, 0.2) is 53.5 Å². The number of nitrogens with zero attached hydrogens (tertiary/aromatic N) is 3. The lowest BCUT2D eigenvalue weighted by atomic mass is 9.96. The van der Waals surface area contributed by atoms with Gasteiger partial charge >= 0.3 is 5.56 Å². The molecule has 6 heteroatoms. The molecule has 4 rings (SSSR count). The number of hydrogen-bond acceptors (Lipinski definition) is 3. The molecule has 1 aliphatic heterocycles. The maximum Gasteiger partial charge on any atom is 0.349 e. The van der Waals surface area contributed by atoms with Gasteiger partial charge in [-0.3, -0.25) is 0 Å². The lowest BCUT2D eigenvalue weighted by Crippen LogP contribution is -2.51. The van der Waals surface area contributed by atoms with Gasteiger partial charge in [0, 0.05) is 18.2 Å². The summed E-state index contributed by atoms with van der Waals surface area (Å²) in [6.45, 7) is 4.24. The Labute approximate surface area is 175 Å². The van der Waals surface area contributed by atoms with Gasteiger partial charge in [-0.2, -0.15) is 9.13 Å². The molecule has 3 aromatic rings. The fourth-order valence-corrected chi connectivity index (χ4v) is 4.42. The molecule has 0 N–H and O–H groups in total. The topological polar surface area (TPSA) is 48.0 Å². The van der Waals surface area contributed by atoms with E-state index < -0.39 is 0 Å². The molecule has 1 aromatic carbocycles. The summed E-state index contributed by atoms with van der Waals surface area (Å²) in [6.07, 6.45) is 4.49. The predicted octanol–water partition coefficient (Wildman–Crippen LogP) is 4.37. The zero-order valence-electron chi connectivity index (χ0n) is 16.9. The molecule has 5 nitrogen and oxygen atoms in total. The molecule has 150 valence electrons. The van der Waals surface area contributed by atoms with Crippen LogP contribution in [0.3, 0.4) is 0 Å². The first-order chi connectivity index (χ1) is 14.0. The van der Waals surface area contributed by atoms with Crippen molar-refractivity contribution in [3.63, 3.8) is 0 Å². The number of halogens is 1. The summed E-state index contributed by atoms with van der Waals surface area (Å²) in [5.74, 6) is 1.62. The van der Waals surface area contributed by atoms with Gasteiger partial charge in [-0.25, -0.2) is 9.78 Å². The number of pyridine rings is 1. The fourth-order valence-electron chi connectivity index (χ4n) is 4.31. The first-order valence-electron chi connectivity index (χ1n) is 9.96. The van der Waals surface area contributed by atoms with Crippen LogP contribution in [0.25, 0.3) is 11.1 Å². The molecular weight excluding hydrogens is 386 g/mol. The van der Waals surface area contributed by atoms with Gasteiger partial charge in [0.05, 0.1) is 13.2 Å². The number of rotatable bonds is 4. The molecule has 0 aliphatic carbocycles. The normalized spacial score (nSPS) is 16.0. The highest BCUT2D eigenvalue weighted by Gasteiger charge is 2.38. The third-order valence-corrected chi connectivity index (χ3v) is 5.74. The molecule has 0 radical (unpaired) electrons. The predicted molar refractivity (Wildman–Crippen MR) is 114 cm³/mol. The van der Waals surface area contributed by atoms with E-state index in [0.29, 0.717) is 16.6 Å². The third-order valence-electron chi connectivity index (χ3n) is 5.52. The molecule has 1 atom stereocenters. The quantitative estimate of drug-likeness (QED) is 0.474. The Morgan fingerprint density at radius 3 is 2.59 bits per heavy atom. The van der Waals surface area contributed by atoms with Crippen molar-refractivity contribution in [3.05, 3.63) is 75.6 Å². The molecule has 0 saturated heterocycles. The van der Waals surface area contributed by atoms with Gasteiger partial charge in [0.15, 0.2) is 5.56 Å². The van der Waals surface area contributed by atoms with E-state index in [9.17, 15) is 4.79 Å². The summed E-state index contributed by atoms with van der Waals surface area (Å²) >= 11 is 5.99. The fraction of sp³-hybridized carbons (Fsp3) is 0.348. The molecule has 2 aromatic heterocycles. The lowest BCUT2D eigenvalue weighted by Gasteiger charge is -2.27. The van der Waals surface area contributed by atoms with Crippen LogP contribution in [-0.4, -0.2) is 16.7 Å². The van der Waals surface area contributed by atoms with Crippen LogP contribution in [0.4, 0.5) is 0 Å². The highest BCUT2D eigenvalue weighted by atomic mass is 35.5. The van der Waals surface area contributed by atoms with Crippen molar-refractivity contribution < 1.29 is 9.30 Å². The van der Waals surface area contributed by atoms with Crippen LogP contribution in [0.5, 0.6) is 5.88 Å². The van der Waals surface area contributed by atoms with Crippen LogP contribution in [0.1, 0.15) is 50.2 Å². The second kappa shape index (κ2) is 7.99. The summed E-state index contributed by atoms with van der Waals surface area (Å²) in [5.41, 5.74) is 2.42. The largest absolute Gasteiger partial charge is 0.465 e. The Kier molecular flexibility index (Phi) is 5.41. The van der Waals surface area contributed by atoms with Gasteiger partial charge in [-0.15, -0.1) is 0 Å². The molecular formula is C23H25ClN3O2+. The Hall–Kier alpha value is -2.66. The first kappa shape index (κ1) is 19.6. The van der Waals surface area contributed by atoms with Crippen LogP contribution < -0.4 is 14.9 Å². The van der Waals surface area contributed by atoms with Crippen molar-refractivity contribution in [2.24, 2.45) is 0 Å². The summed E-state index contributed by atoms with van der Waals surface area (Å²) in [7, 11) is 1.64. The van der Waals surface area contributed by atoms with E-state index in [4.69, 9.17) is 16.3 Å². The Morgan fingerprint density at radius 2 is 1.97 bits per heavy atom. The van der Waals surface area contributed by atoms with Crippen molar-refractivity contribution in [3.8, 4) is 17.0 Å². The zero-order chi connectivity index (χ0) is 20.5. The minimum Gasteiger partial charge on any atom is -0.465 e. The maximum atomic E-state index is 13.8. The highest BCUT2D eigenvalue weighted by Crippen LogP contribution is 2.32. The number of hydrogen-bond donors (Lipinski definition) is 0. The Bertz CT molecular complexity index is 1080. The van der Waals surface area contributed by atoms with Crippen molar-refractivity contribution in [2.45, 2.75) is 45.2 Å². The highest BCUT2D eigenvalue weighted by molar-refractivity contribution is 6.29. The average Bonchev–Trinajstić information content (AvgIpc) is 2.74. The molecule has 0 saturated carbocycles. The molecule has 1 aliphatic rings. The van der Waals surface area contributed by atoms with Gasteiger partial charge in [0.1, 0.15) is 11.2 Å². The summed E-state index contributed by atoms with van der Waals surface area (Å²) < 4.78 is 9.93. The molecule has 29 heavy (non-hydrogen) atoms. The molecule has 0 fully saturated rings. The monoisotopic (exact) mass is 410 g/mol. The molecule has 0 bridgehead atoms. The van der Waals surface area contributed by atoms with E-state index in [1.165, 1.54) is 0 Å². The summed E-state index contributed by atoms with van der Waals surface area (Å²) in [5, 5.41) is 0.453. The smallest absolute Gasteiger partial charge is 0.349 e. The maximum absolute atomic E-state index is 13.8. The zero-order valence-corrected chi connectivity index (χ0v) is 17.7. The van der Waals surface area contributed by atoms with Gasteiger partial charge in [-0.05, 0) is 38.3 Å². The minimum atomic E-state index is -0.0746. The van der Waals surface area contributed by atoms with E-state index >= 15 is 0 Å². The van der Waals surface area contributed by atoms with E-state index in [0.717, 1.165) is 36.2 Å². The van der Waals surface area contributed by atoms with Gasteiger partial charge in [-0.1, -0.05) is 48.0 Å². The Balaban J connectivity index is 2.05. The van der Waals surface area contributed by atoms with E-state index in [1.54, 1.807) is 19.4 Å². The second-order valence-electron chi connectivity index (χ2n) is 7.63. The summed E-state index contributed by atoms with van der Waals surface area (Å²) in [6, 6.07) is 13.6. The van der Waals surface area contributed by atoms with Crippen molar-refractivity contribution in [1.29, 1.82) is 0 Å². The number of fused-ring (bicyclic) bond motifs is 1. The number of benzene rings is 1. The van der Waals surface area contributed by atoms with E-state index in [2.05, 4.69) is 23.4 Å². The number of ether oxygens (including phenoxy) is 1. The number of methoxy groups -OCH3 is 1. The van der Waals surface area contributed by atoms with Gasteiger partial charge in [0.25, 0.3) is 11.7 Å². The second-order valence-corrected chi connectivity index (χ2v) is 8.01. The van der Waals surface area contributed by atoms with E-state index in [-0.39, 0.29) is 17.6 Å².